The van der Waals surface area contributed by atoms with E-state index < -0.39 is 0 Å². The van der Waals surface area contributed by atoms with Crippen LogP contribution in [0.1, 0.15) is 26.3 Å². The van der Waals surface area contributed by atoms with Gasteiger partial charge in [0, 0.05) is 11.1 Å². The third-order valence-corrected chi connectivity index (χ3v) is 4.09. The maximum Gasteiger partial charge on any atom is 0.197 e. The zero-order chi connectivity index (χ0) is 18.0. The van der Waals surface area contributed by atoms with Crippen LogP contribution in [0.5, 0.6) is 11.5 Å². The summed E-state index contributed by atoms with van der Waals surface area (Å²) in [6.07, 6.45) is 3.12. The molecule has 5 heteroatoms. The standard InChI is InChI=1S/C20H15ClO4/c1-3-8-25-20-16(21)10-12(11-17(20)24-2)9-15-18(22)13-6-4-5-7-14(13)19(15)23/h3-7,9-11H,1,8H2,2H3. The average molecular weight is 355 g/mol. The summed E-state index contributed by atoms with van der Waals surface area (Å²) in [6.45, 7) is 3.87. The number of rotatable bonds is 5. The Bertz CT molecular complexity index is 875. The van der Waals surface area contributed by atoms with Crippen LogP contribution in [0.25, 0.3) is 6.08 Å². The largest absolute Gasteiger partial charge is 0.493 e. The summed E-state index contributed by atoms with van der Waals surface area (Å²) >= 11 is 6.26. The maximum atomic E-state index is 12.5. The van der Waals surface area contributed by atoms with Crippen molar-refractivity contribution >= 4 is 29.2 Å². The summed E-state index contributed by atoms with van der Waals surface area (Å²) in [5.74, 6) is 0.223. The molecule has 1 aliphatic carbocycles. The second-order valence-electron chi connectivity index (χ2n) is 5.40. The second-order valence-corrected chi connectivity index (χ2v) is 5.80. The number of ketones is 2. The molecule has 4 nitrogen and oxygen atoms in total. The summed E-state index contributed by atoms with van der Waals surface area (Å²) < 4.78 is 10.8. The van der Waals surface area contributed by atoms with Gasteiger partial charge in [-0.25, -0.2) is 0 Å². The minimum atomic E-state index is -0.289. The molecule has 0 amide bonds. The van der Waals surface area contributed by atoms with Gasteiger partial charge in [-0.2, -0.15) is 0 Å². The van der Waals surface area contributed by atoms with Crippen LogP contribution in [0.15, 0.2) is 54.6 Å². The van der Waals surface area contributed by atoms with E-state index in [4.69, 9.17) is 21.1 Å². The van der Waals surface area contributed by atoms with Gasteiger partial charge in [-0.05, 0) is 23.8 Å². The lowest BCUT2D eigenvalue weighted by atomic mass is 10.1. The number of ether oxygens (including phenoxy) is 2. The molecule has 0 saturated heterocycles. The molecule has 25 heavy (non-hydrogen) atoms. The van der Waals surface area contributed by atoms with Crippen molar-refractivity contribution in [3.05, 3.63) is 76.3 Å². The first-order chi connectivity index (χ1) is 12.1. The number of hydrogen-bond donors (Lipinski definition) is 0. The number of Topliss-reactive ketones (excluding diaryl/α,β-unsaturated/α-hetero) is 2. The molecule has 0 fully saturated rings. The first-order valence-corrected chi connectivity index (χ1v) is 7.96. The number of allylic oxidation sites excluding steroid dienone is 1. The summed E-state index contributed by atoms with van der Waals surface area (Å²) in [4.78, 5) is 24.9. The minimum Gasteiger partial charge on any atom is -0.493 e. The SMILES string of the molecule is C=CCOc1c(Cl)cc(C=C2C(=O)c3ccccc3C2=O)cc1OC. The fourth-order valence-electron chi connectivity index (χ4n) is 2.68. The van der Waals surface area contributed by atoms with E-state index in [1.165, 1.54) is 13.2 Å². The van der Waals surface area contributed by atoms with Crippen molar-refractivity contribution in [3.63, 3.8) is 0 Å². The molecule has 3 rings (SSSR count). The molecule has 0 bridgehead atoms. The van der Waals surface area contributed by atoms with Gasteiger partial charge in [0.1, 0.15) is 6.61 Å². The monoisotopic (exact) mass is 354 g/mol. The van der Waals surface area contributed by atoms with Crippen molar-refractivity contribution in [1.29, 1.82) is 0 Å². The molecule has 2 aromatic rings. The smallest absolute Gasteiger partial charge is 0.197 e. The highest BCUT2D eigenvalue weighted by Gasteiger charge is 2.32. The van der Waals surface area contributed by atoms with E-state index in [2.05, 4.69) is 6.58 Å². The average Bonchev–Trinajstić information content (AvgIpc) is 2.86. The van der Waals surface area contributed by atoms with Crippen molar-refractivity contribution in [2.75, 3.05) is 13.7 Å². The van der Waals surface area contributed by atoms with E-state index >= 15 is 0 Å². The van der Waals surface area contributed by atoms with Crippen LogP contribution in [0.2, 0.25) is 5.02 Å². The Labute approximate surface area is 150 Å². The highest BCUT2D eigenvalue weighted by Crippen LogP contribution is 2.38. The van der Waals surface area contributed by atoms with Gasteiger partial charge >= 0.3 is 0 Å². The van der Waals surface area contributed by atoms with Crippen LogP contribution < -0.4 is 9.47 Å². The number of carbonyl (C=O) groups is 2. The van der Waals surface area contributed by atoms with E-state index in [9.17, 15) is 9.59 Å². The molecule has 126 valence electrons. The Morgan fingerprint density at radius 3 is 2.32 bits per heavy atom. The molecule has 0 aliphatic heterocycles. The highest BCUT2D eigenvalue weighted by atomic mass is 35.5. The van der Waals surface area contributed by atoms with Crippen LogP contribution in [-0.2, 0) is 0 Å². The Hall–Kier alpha value is -2.85. The molecule has 0 spiro atoms. The van der Waals surface area contributed by atoms with Gasteiger partial charge in [-0.1, -0.05) is 48.5 Å². The zero-order valence-corrected chi connectivity index (χ0v) is 14.3. The second kappa shape index (κ2) is 6.95. The Morgan fingerprint density at radius 2 is 1.76 bits per heavy atom. The van der Waals surface area contributed by atoms with E-state index in [0.717, 1.165) is 0 Å². The number of halogens is 1. The van der Waals surface area contributed by atoms with Gasteiger partial charge < -0.3 is 9.47 Å². The number of carbonyl (C=O) groups excluding carboxylic acids is 2. The van der Waals surface area contributed by atoms with Crippen LogP contribution in [-0.4, -0.2) is 25.3 Å². The van der Waals surface area contributed by atoms with Crippen LogP contribution in [0.4, 0.5) is 0 Å². The first kappa shape index (κ1) is 17.0. The molecular weight excluding hydrogens is 340 g/mol. The molecule has 0 heterocycles. The first-order valence-electron chi connectivity index (χ1n) is 7.58. The molecule has 0 N–H and O–H groups in total. The lowest BCUT2D eigenvalue weighted by molar-refractivity contribution is 0.0990. The number of fused-ring (bicyclic) bond motifs is 1. The van der Waals surface area contributed by atoms with E-state index in [1.54, 1.807) is 42.5 Å². The van der Waals surface area contributed by atoms with Crippen molar-refractivity contribution in [1.82, 2.24) is 0 Å². The lowest BCUT2D eigenvalue weighted by Gasteiger charge is -2.12. The number of benzene rings is 2. The Kier molecular flexibility index (Phi) is 4.72. The normalized spacial score (nSPS) is 12.8. The summed E-state index contributed by atoms with van der Waals surface area (Å²) in [7, 11) is 1.49. The predicted octanol–water partition coefficient (Wildman–Crippen LogP) is 4.38. The van der Waals surface area contributed by atoms with Crippen LogP contribution in [0.3, 0.4) is 0 Å². The van der Waals surface area contributed by atoms with E-state index in [1.807, 2.05) is 0 Å². The Morgan fingerprint density at radius 1 is 1.12 bits per heavy atom. The number of hydrogen-bond acceptors (Lipinski definition) is 4. The summed E-state index contributed by atoms with van der Waals surface area (Å²) in [5.41, 5.74) is 1.53. The van der Waals surface area contributed by atoms with E-state index in [-0.39, 0.29) is 23.7 Å². The third kappa shape index (κ3) is 3.08. The molecule has 0 atom stereocenters. The molecule has 0 unspecified atom stereocenters. The predicted molar refractivity (Wildman–Crippen MR) is 96.8 cm³/mol. The van der Waals surface area contributed by atoms with Gasteiger partial charge in [-0.3, -0.25) is 9.59 Å². The van der Waals surface area contributed by atoms with Crippen molar-refractivity contribution in [2.24, 2.45) is 0 Å². The summed E-state index contributed by atoms with van der Waals surface area (Å²) in [5, 5.41) is 0.323. The fraction of sp³-hybridized carbons (Fsp3) is 0.100. The number of methoxy groups -OCH3 is 1. The summed E-state index contributed by atoms with van der Waals surface area (Å²) in [6, 6.07) is 10.1. The molecule has 2 aromatic carbocycles. The van der Waals surface area contributed by atoms with Gasteiger partial charge in [0.15, 0.2) is 23.1 Å². The molecule has 0 aromatic heterocycles. The molecular formula is C20H15ClO4. The third-order valence-electron chi connectivity index (χ3n) is 3.81. The van der Waals surface area contributed by atoms with Crippen molar-refractivity contribution in [2.45, 2.75) is 0 Å². The van der Waals surface area contributed by atoms with Crippen LogP contribution in [0, 0.1) is 0 Å². The van der Waals surface area contributed by atoms with E-state index in [0.29, 0.717) is 33.2 Å². The highest BCUT2D eigenvalue weighted by molar-refractivity contribution is 6.41. The maximum absolute atomic E-state index is 12.5. The van der Waals surface area contributed by atoms with Crippen LogP contribution >= 0.6 is 11.6 Å². The lowest BCUT2D eigenvalue weighted by Crippen LogP contribution is -2.01. The zero-order valence-electron chi connectivity index (χ0n) is 13.5. The molecule has 1 aliphatic rings. The van der Waals surface area contributed by atoms with Crippen molar-refractivity contribution < 1.29 is 19.1 Å². The van der Waals surface area contributed by atoms with Gasteiger partial charge in [0.2, 0.25) is 0 Å². The molecule has 0 radical (unpaired) electrons. The minimum absolute atomic E-state index is 0.110. The quantitative estimate of drug-likeness (QED) is 0.454. The topological polar surface area (TPSA) is 52.6 Å². The Balaban J connectivity index is 2.02. The fourth-order valence-corrected chi connectivity index (χ4v) is 2.95. The van der Waals surface area contributed by atoms with Gasteiger partial charge in [-0.15, -0.1) is 0 Å². The van der Waals surface area contributed by atoms with Gasteiger partial charge in [0.05, 0.1) is 17.7 Å². The van der Waals surface area contributed by atoms with Gasteiger partial charge in [0.25, 0.3) is 0 Å². The molecule has 0 saturated carbocycles. The van der Waals surface area contributed by atoms with Crippen molar-refractivity contribution in [3.8, 4) is 11.5 Å².